The number of H-pyrrole nitrogens is 1. The van der Waals surface area contributed by atoms with Gasteiger partial charge in [0.1, 0.15) is 34.6 Å². The molecule has 3 aromatic rings. The Balaban J connectivity index is 0.00000208. The van der Waals surface area contributed by atoms with Gasteiger partial charge in [0.2, 0.25) is 5.88 Å². The van der Waals surface area contributed by atoms with Crippen molar-refractivity contribution in [3.8, 4) is 17.4 Å². The van der Waals surface area contributed by atoms with Crippen LogP contribution in [-0.2, 0) is 0 Å². The number of rotatable bonds is 6. The molecule has 2 heterocycles. The SMILES string of the molecule is C=C/C=C(\C=C)Oc1ccc(Oc2ncnc3cn[nH]c23)cc1.[HH]. The van der Waals surface area contributed by atoms with Crippen molar-refractivity contribution in [1.82, 2.24) is 20.2 Å². The van der Waals surface area contributed by atoms with Gasteiger partial charge in [0.15, 0.2) is 0 Å². The molecule has 0 fully saturated rings. The van der Waals surface area contributed by atoms with Crippen molar-refractivity contribution in [2.45, 2.75) is 0 Å². The van der Waals surface area contributed by atoms with E-state index in [-0.39, 0.29) is 1.43 Å². The molecule has 3 rings (SSSR count). The average Bonchev–Trinajstić information content (AvgIpc) is 3.06. The zero-order valence-electron chi connectivity index (χ0n) is 12.3. The molecule has 0 radical (unpaired) electrons. The van der Waals surface area contributed by atoms with Gasteiger partial charge in [-0.3, -0.25) is 5.10 Å². The highest BCUT2D eigenvalue weighted by molar-refractivity contribution is 5.78. The molecule has 6 heteroatoms. The first-order valence-corrected chi connectivity index (χ1v) is 6.85. The lowest BCUT2D eigenvalue weighted by molar-refractivity contribution is 0.439. The molecular formula is C17H16N4O2. The lowest BCUT2D eigenvalue weighted by Gasteiger charge is -2.08. The molecule has 0 aliphatic rings. The van der Waals surface area contributed by atoms with Crippen LogP contribution >= 0.6 is 0 Å². The van der Waals surface area contributed by atoms with Crippen LogP contribution in [0.4, 0.5) is 0 Å². The normalized spacial score (nSPS) is 11.2. The highest BCUT2D eigenvalue weighted by atomic mass is 16.5. The Morgan fingerprint density at radius 3 is 2.65 bits per heavy atom. The topological polar surface area (TPSA) is 72.9 Å². The highest BCUT2D eigenvalue weighted by Gasteiger charge is 2.08. The van der Waals surface area contributed by atoms with Gasteiger partial charge in [-0.05, 0) is 36.4 Å². The van der Waals surface area contributed by atoms with Crippen LogP contribution < -0.4 is 9.47 Å². The van der Waals surface area contributed by atoms with Gasteiger partial charge in [0.05, 0.1) is 6.20 Å². The first kappa shape index (κ1) is 14.5. The summed E-state index contributed by atoms with van der Waals surface area (Å²) in [6.07, 6.45) is 8.03. The smallest absolute Gasteiger partial charge is 0.248 e. The zero-order chi connectivity index (χ0) is 16.1. The number of aromatic amines is 1. The van der Waals surface area contributed by atoms with Crippen molar-refractivity contribution in [3.63, 3.8) is 0 Å². The maximum atomic E-state index is 5.75. The molecule has 116 valence electrons. The van der Waals surface area contributed by atoms with E-state index < -0.39 is 0 Å². The quantitative estimate of drug-likeness (QED) is 0.550. The summed E-state index contributed by atoms with van der Waals surface area (Å²) in [6.45, 7) is 7.31. The molecule has 0 aliphatic carbocycles. The summed E-state index contributed by atoms with van der Waals surface area (Å²) >= 11 is 0. The average molecular weight is 308 g/mol. The summed E-state index contributed by atoms with van der Waals surface area (Å²) in [7, 11) is 0. The first-order chi connectivity index (χ1) is 11.3. The number of allylic oxidation sites excluding steroid dienone is 3. The van der Waals surface area contributed by atoms with E-state index in [1.54, 1.807) is 48.7 Å². The van der Waals surface area contributed by atoms with Crippen LogP contribution in [0, 0.1) is 0 Å². The van der Waals surface area contributed by atoms with E-state index in [0.29, 0.717) is 34.2 Å². The Morgan fingerprint density at radius 1 is 1.13 bits per heavy atom. The minimum absolute atomic E-state index is 0. The van der Waals surface area contributed by atoms with Crippen molar-refractivity contribution in [1.29, 1.82) is 0 Å². The van der Waals surface area contributed by atoms with Gasteiger partial charge in [-0.2, -0.15) is 10.1 Å². The summed E-state index contributed by atoms with van der Waals surface area (Å²) in [6, 6.07) is 7.16. The molecule has 0 unspecified atom stereocenters. The molecule has 2 aromatic heterocycles. The van der Waals surface area contributed by atoms with Crippen molar-refractivity contribution in [2.75, 3.05) is 0 Å². The summed E-state index contributed by atoms with van der Waals surface area (Å²) < 4.78 is 11.4. The summed E-state index contributed by atoms with van der Waals surface area (Å²) in [5, 5.41) is 6.74. The number of nitrogens with zero attached hydrogens (tertiary/aromatic N) is 3. The van der Waals surface area contributed by atoms with Crippen molar-refractivity contribution >= 4 is 11.0 Å². The van der Waals surface area contributed by atoms with Crippen molar-refractivity contribution in [3.05, 3.63) is 73.9 Å². The molecule has 1 N–H and O–H groups in total. The van der Waals surface area contributed by atoms with Gasteiger partial charge >= 0.3 is 0 Å². The predicted octanol–water partition coefficient (Wildman–Crippen LogP) is 4.03. The zero-order valence-corrected chi connectivity index (χ0v) is 12.3. The summed E-state index contributed by atoms with van der Waals surface area (Å²) in [4.78, 5) is 8.20. The van der Waals surface area contributed by atoms with Gasteiger partial charge < -0.3 is 9.47 Å². The van der Waals surface area contributed by atoms with Crippen LogP contribution in [0.3, 0.4) is 0 Å². The summed E-state index contributed by atoms with van der Waals surface area (Å²) in [5.41, 5.74) is 1.34. The van der Waals surface area contributed by atoms with Gasteiger partial charge in [-0.15, -0.1) is 0 Å². The predicted molar refractivity (Wildman–Crippen MR) is 89.4 cm³/mol. The molecule has 0 saturated carbocycles. The monoisotopic (exact) mass is 308 g/mol. The fourth-order valence-electron chi connectivity index (χ4n) is 1.90. The van der Waals surface area contributed by atoms with Crippen LogP contribution in [-0.4, -0.2) is 20.2 Å². The van der Waals surface area contributed by atoms with Gasteiger partial charge in [-0.25, -0.2) is 4.98 Å². The fourth-order valence-corrected chi connectivity index (χ4v) is 1.90. The van der Waals surface area contributed by atoms with E-state index in [0.717, 1.165) is 0 Å². The highest BCUT2D eigenvalue weighted by Crippen LogP contribution is 2.26. The second-order valence-corrected chi connectivity index (χ2v) is 4.49. The fraction of sp³-hybridized carbons (Fsp3) is 0. The minimum atomic E-state index is 0. The van der Waals surface area contributed by atoms with Crippen LogP contribution in [0.2, 0.25) is 0 Å². The van der Waals surface area contributed by atoms with Gasteiger partial charge in [0.25, 0.3) is 0 Å². The minimum Gasteiger partial charge on any atom is -0.457 e. The Hall–Kier alpha value is -3.41. The Morgan fingerprint density at radius 2 is 1.91 bits per heavy atom. The number of aromatic nitrogens is 4. The molecule has 23 heavy (non-hydrogen) atoms. The third-order valence-electron chi connectivity index (χ3n) is 2.96. The number of hydrogen-bond donors (Lipinski definition) is 1. The molecule has 0 amide bonds. The van der Waals surface area contributed by atoms with Gasteiger partial charge in [0, 0.05) is 1.43 Å². The van der Waals surface area contributed by atoms with E-state index in [2.05, 4.69) is 33.3 Å². The maximum Gasteiger partial charge on any atom is 0.248 e. The second-order valence-electron chi connectivity index (χ2n) is 4.49. The van der Waals surface area contributed by atoms with Crippen LogP contribution in [0.5, 0.6) is 17.4 Å². The molecule has 0 spiro atoms. The molecule has 0 atom stereocenters. The number of benzene rings is 1. The van der Waals surface area contributed by atoms with E-state index in [9.17, 15) is 0 Å². The molecule has 0 saturated heterocycles. The van der Waals surface area contributed by atoms with Crippen molar-refractivity contribution < 1.29 is 10.9 Å². The Labute approximate surface area is 134 Å². The first-order valence-electron chi connectivity index (χ1n) is 6.85. The second kappa shape index (κ2) is 6.57. The van der Waals surface area contributed by atoms with Crippen LogP contribution in [0.1, 0.15) is 1.43 Å². The molecule has 0 bridgehead atoms. The third kappa shape index (κ3) is 3.26. The lowest BCUT2D eigenvalue weighted by atomic mass is 10.3. The molecule has 0 aliphatic heterocycles. The number of ether oxygens (including phenoxy) is 2. The standard InChI is InChI=1S/C17H14N4O2.H2/c1-3-5-12(4-2)22-13-6-8-14(9-7-13)23-17-16-15(10-20-21-16)18-11-19-17;/h3-11H,1-2H2,(H,20,21);1H/b12-5+;. The van der Waals surface area contributed by atoms with E-state index >= 15 is 0 Å². The van der Waals surface area contributed by atoms with E-state index in [4.69, 9.17) is 9.47 Å². The van der Waals surface area contributed by atoms with Gasteiger partial charge in [-0.1, -0.05) is 19.2 Å². The Kier molecular flexibility index (Phi) is 4.15. The molecule has 6 nitrogen and oxygen atoms in total. The largest absolute Gasteiger partial charge is 0.457 e. The van der Waals surface area contributed by atoms with Crippen molar-refractivity contribution in [2.24, 2.45) is 0 Å². The van der Waals surface area contributed by atoms with E-state index in [1.807, 2.05) is 0 Å². The maximum absolute atomic E-state index is 5.75. The molecule has 1 aromatic carbocycles. The third-order valence-corrected chi connectivity index (χ3v) is 2.96. The number of nitrogens with one attached hydrogen (secondary N) is 1. The molecular weight excluding hydrogens is 292 g/mol. The van der Waals surface area contributed by atoms with Crippen LogP contribution in [0.15, 0.2) is 73.9 Å². The number of fused-ring (bicyclic) bond motifs is 1. The number of hydrogen-bond acceptors (Lipinski definition) is 5. The Bertz CT molecular complexity index is 872. The van der Waals surface area contributed by atoms with Crippen LogP contribution in [0.25, 0.3) is 11.0 Å². The lowest BCUT2D eigenvalue weighted by Crippen LogP contribution is -1.93. The summed E-state index contributed by atoms with van der Waals surface area (Å²) in [5.74, 6) is 2.32. The van der Waals surface area contributed by atoms with E-state index in [1.165, 1.54) is 6.33 Å².